The van der Waals surface area contributed by atoms with Crippen molar-refractivity contribution < 1.29 is 9.13 Å². The van der Waals surface area contributed by atoms with Crippen molar-refractivity contribution in [3.8, 4) is 0 Å². The first-order valence-corrected chi connectivity index (χ1v) is 5.05. The maximum atomic E-state index is 13.4. The molecule has 1 aromatic rings. The molecule has 4 nitrogen and oxygen atoms in total. The Morgan fingerprint density at radius 2 is 2.47 bits per heavy atom. The Labute approximate surface area is 88.7 Å². The number of ether oxygens (including phenoxy) is 1. The molecule has 0 radical (unpaired) electrons. The summed E-state index contributed by atoms with van der Waals surface area (Å²) in [6.45, 7) is 1.40. The Bertz CT molecular complexity index is 328. The van der Waals surface area contributed by atoms with E-state index in [0.717, 1.165) is 5.69 Å². The molecule has 2 heterocycles. The van der Waals surface area contributed by atoms with Crippen molar-refractivity contribution in [2.75, 3.05) is 20.3 Å². The molecule has 0 aromatic carbocycles. The molecule has 84 valence electrons. The van der Waals surface area contributed by atoms with Gasteiger partial charge in [-0.15, -0.1) is 0 Å². The molecule has 1 fully saturated rings. The van der Waals surface area contributed by atoms with E-state index in [9.17, 15) is 4.39 Å². The Balaban J connectivity index is 1.97. The number of alkyl halides is 1. The lowest BCUT2D eigenvalue weighted by Gasteiger charge is -2.24. The molecule has 0 bridgehead atoms. The Morgan fingerprint density at radius 3 is 3.00 bits per heavy atom. The van der Waals surface area contributed by atoms with Crippen LogP contribution in [0.25, 0.3) is 0 Å². The highest BCUT2D eigenvalue weighted by molar-refractivity contribution is 4.98. The fourth-order valence-corrected chi connectivity index (χ4v) is 1.83. The van der Waals surface area contributed by atoms with Crippen LogP contribution in [0.1, 0.15) is 5.69 Å². The third-order valence-corrected chi connectivity index (χ3v) is 2.88. The second-order valence-corrected chi connectivity index (χ2v) is 4.03. The average Bonchev–Trinajstić information content (AvgIpc) is 2.76. The van der Waals surface area contributed by atoms with Crippen LogP contribution in [0.5, 0.6) is 0 Å². The normalized spacial score (nSPS) is 26.4. The molecule has 1 aliphatic rings. The zero-order valence-corrected chi connectivity index (χ0v) is 9.06. The maximum absolute atomic E-state index is 13.4. The molecule has 0 aliphatic carbocycles. The van der Waals surface area contributed by atoms with Gasteiger partial charge < -0.3 is 9.30 Å². The minimum Gasteiger partial charge on any atom is -0.377 e. The monoisotopic (exact) mass is 213 g/mol. The largest absolute Gasteiger partial charge is 0.377 e. The van der Waals surface area contributed by atoms with Crippen LogP contribution in [-0.2, 0) is 18.3 Å². The summed E-state index contributed by atoms with van der Waals surface area (Å²) in [7, 11) is 3.85. The maximum Gasteiger partial charge on any atom is 0.141 e. The van der Waals surface area contributed by atoms with Gasteiger partial charge in [0.25, 0.3) is 0 Å². The number of nitrogens with zero attached hydrogens (tertiary/aromatic N) is 3. The van der Waals surface area contributed by atoms with Gasteiger partial charge in [0.1, 0.15) is 6.17 Å². The summed E-state index contributed by atoms with van der Waals surface area (Å²) in [6.07, 6.45) is 2.68. The number of aryl methyl sites for hydroxylation is 1. The lowest BCUT2D eigenvalue weighted by Crippen LogP contribution is -2.38. The summed E-state index contributed by atoms with van der Waals surface area (Å²) in [5, 5.41) is 0. The van der Waals surface area contributed by atoms with Crippen molar-refractivity contribution in [2.45, 2.75) is 18.8 Å². The van der Waals surface area contributed by atoms with Crippen LogP contribution in [-0.4, -0.2) is 46.9 Å². The summed E-state index contributed by atoms with van der Waals surface area (Å²) >= 11 is 0. The van der Waals surface area contributed by atoms with Crippen LogP contribution in [0, 0.1) is 0 Å². The van der Waals surface area contributed by atoms with E-state index < -0.39 is 6.17 Å². The number of hydrogen-bond donors (Lipinski definition) is 0. The SMILES string of the molecule is CN(Cc1cncn1C)C1COCC1F. The van der Waals surface area contributed by atoms with Crippen molar-refractivity contribution in [3.05, 3.63) is 18.2 Å². The molecule has 1 saturated heterocycles. The van der Waals surface area contributed by atoms with E-state index >= 15 is 0 Å². The topological polar surface area (TPSA) is 30.3 Å². The predicted molar refractivity (Wildman–Crippen MR) is 54.2 cm³/mol. The lowest BCUT2D eigenvalue weighted by molar-refractivity contribution is 0.152. The van der Waals surface area contributed by atoms with Gasteiger partial charge in [0, 0.05) is 19.8 Å². The smallest absolute Gasteiger partial charge is 0.141 e. The van der Waals surface area contributed by atoms with Crippen LogP contribution in [0.2, 0.25) is 0 Å². The summed E-state index contributed by atoms with van der Waals surface area (Å²) < 4.78 is 20.4. The average molecular weight is 213 g/mol. The van der Waals surface area contributed by atoms with Gasteiger partial charge in [-0.25, -0.2) is 9.37 Å². The number of rotatable bonds is 3. The second-order valence-electron chi connectivity index (χ2n) is 4.03. The van der Waals surface area contributed by atoms with Crippen molar-refractivity contribution in [2.24, 2.45) is 7.05 Å². The summed E-state index contributed by atoms with van der Waals surface area (Å²) in [4.78, 5) is 6.01. The molecule has 1 aliphatic heterocycles. The van der Waals surface area contributed by atoms with E-state index in [0.29, 0.717) is 13.2 Å². The molecular weight excluding hydrogens is 197 g/mol. The first-order valence-electron chi connectivity index (χ1n) is 5.05. The first kappa shape index (κ1) is 10.6. The van der Waals surface area contributed by atoms with Gasteiger partial charge in [0.2, 0.25) is 0 Å². The van der Waals surface area contributed by atoms with Gasteiger partial charge in [-0.3, -0.25) is 4.90 Å². The van der Waals surface area contributed by atoms with Crippen LogP contribution < -0.4 is 0 Å². The number of hydrogen-bond acceptors (Lipinski definition) is 3. The highest BCUT2D eigenvalue weighted by atomic mass is 19.1. The van der Waals surface area contributed by atoms with Crippen molar-refractivity contribution in [1.29, 1.82) is 0 Å². The molecular formula is C10H16FN3O. The van der Waals surface area contributed by atoms with Crippen LogP contribution in [0.15, 0.2) is 12.5 Å². The van der Waals surface area contributed by atoms with Gasteiger partial charge in [0.05, 0.1) is 31.3 Å². The molecule has 0 saturated carbocycles. The summed E-state index contributed by atoms with van der Waals surface area (Å²) in [5.41, 5.74) is 1.08. The number of likely N-dealkylation sites (N-methyl/N-ethyl adjacent to an activating group) is 1. The Kier molecular flexibility index (Phi) is 3.02. The minimum absolute atomic E-state index is 0.125. The third kappa shape index (κ3) is 2.18. The zero-order chi connectivity index (χ0) is 10.8. The van der Waals surface area contributed by atoms with Gasteiger partial charge in [-0.05, 0) is 7.05 Å². The molecule has 2 unspecified atom stereocenters. The molecule has 2 atom stereocenters. The Morgan fingerprint density at radius 1 is 1.67 bits per heavy atom. The molecule has 15 heavy (non-hydrogen) atoms. The van der Waals surface area contributed by atoms with E-state index in [1.165, 1.54) is 0 Å². The predicted octanol–water partition coefficient (Wildman–Crippen LogP) is 0.589. The first-order chi connectivity index (χ1) is 7.18. The number of halogens is 1. The van der Waals surface area contributed by atoms with Crippen molar-refractivity contribution >= 4 is 0 Å². The van der Waals surface area contributed by atoms with Gasteiger partial charge in [0.15, 0.2) is 0 Å². The van der Waals surface area contributed by atoms with Crippen molar-refractivity contribution in [3.63, 3.8) is 0 Å². The number of aromatic nitrogens is 2. The quantitative estimate of drug-likeness (QED) is 0.736. The Hall–Kier alpha value is -0.940. The standard InChI is InChI=1S/C10H16FN3O/c1-13(10-6-15-5-9(10)11)4-8-3-12-7-14(8)2/h3,7,9-10H,4-6H2,1-2H3. The van der Waals surface area contributed by atoms with Crippen LogP contribution in [0.3, 0.4) is 0 Å². The molecule has 1 aromatic heterocycles. The minimum atomic E-state index is -0.872. The van der Waals surface area contributed by atoms with Crippen LogP contribution >= 0.6 is 0 Å². The fraction of sp³-hybridized carbons (Fsp3) is 0.700. The molecule has 0 amide bonds. The van der Waals surface area contributed by atoms with Gasteiger partial charge in [-0.2, -0.15) is 0 Å². The lowest BCUT2D eigenvalue weighted by atomic mass is 10.2. The summed E-state index contributed by atoms with van der Waals surface area (Å²) in [5.74, 6) is 0. The van der Waals surface area contributed by atoms with E-state index in [2.05, 4.69) is 4.98 Å². The van der Waals surface area contributed by atoms with Gasteiger partial charge in [-0.1, -0.05) is 0 Å². The van der Waals surface area contributed by atoms with Crippen molar-refractivity contribution in [1.82, 2.24) is 14.5 Å². The highest BCUT2D eigenvalue weighted by Gasteiger charge is 2.31. The molecule has 0 N–H and O–H groups in total. The van der Waals surface area contributed by atoms with E-state index in [-0.39, 0.29) is 12.6 Å². The molecule has 2 rings (SSSR count). The summed E-state index contributed by atoms with van der Waals surface area (Å²) in [6, 6.07) is -0.125. The number of imidazole rings is 1. The highest BCUT2D eigenvalue weighted by Crippen LogP contribution is 2.16. The fourth-order valence-electron chi connectivity index (χ4n) is 1.83. The molecule has 0 spiro atoms. The zero-order valence-electron chi connectivity index (χ0n) is 9.06. The van der Waals surface area contributed by atoms with E-state index in [4.69, 9.17) is 4.74 Å². The second kappa shape index (κ2) is 4.28. The van der Waals surface area contributed by atoms with E-state index in [1.54, 1.807) is 12.5 Å². The van der Waals surface area contributed by atoms with Crippen LogP contribution in [0.4, 0.5) is 4.39 Å². The molecule has 5 heteroatoms. The third-order valence-electron chi connectivity index (χ3n) is 2.88. The van der Waals surface area contributed by atoms with E-state index in [1.807, 2.05) is 23.6 Å². The van der Waals surface area contributed by atoms with Gasteiger partial charge >= 0.3 is 0 Å².